The lowest BCUT2D eigenvalue weighted by Gasteiger charge is -2.27. The number of unbranched alkanes of at least 4 members (excludes halogenated alkanes) is 25. The molecule has 5 nitrogen and oxygen atoms in total. The summed E-state index contributed by atoms with van der Waals surface area (Å²) in [5, 5.41) is 0. The van der Waals surface area contributed by atoms with Gasteiger partial charge in [-0.3, -0.25) is 9.59 Å². The molecule has 2 heterocycles. The second-order valence-electron chi connectivity index (χ2n) is 13.7. The molecule has 1 amide bonds. The molecule has 0 bridgehead atoms. The highest BCUT2D eigenvalue weighted by atomic mass is 16.6. The van der Waals surface area contributed by atoms with Crippen LogP contribution in [0.15, 0.2) is 23.2 Å². The molecule has 0 atom stereocenters. The third-order valence-electron chi connectivity index (χ3n) is 9.58. The van der Waals surface area contributed by atoms with Crippen molar-refractivity contribution >= 4 is 11.7 Å². The maximum absolute atomic E-state index is 13.4. The molecule has 5 heteroatoms. The van der Waals surface area contributed by atoms with Crippen molar-refractivity contribution in [2.45, 2.75) is 194 Å². The minimum Gasteiger partial charge on any atom is -0.450 e. The first-order valence-corrected chi connectivity index (χ1v) is 19.7. The molecule has 1 fully saturated rings. The fourth-order valence-corrected chi connectivity index (χ4v) is 6.48. The average Bonchev–Trinajstić information content (AvgIpc) is 3.84. The van der Waals surface area contributed by atoms with Gasteiger partial charge in [-0.25, -0.2) is 0 Å². The van der Waals surface area contributed by atoms with Crippen molar-refractivity contribution < 1.29 is 19.1 Å². The van der Waals surface area contributed by atoms with E-state index in [0.29, 0.717) is 37.6 Å². The fraction of sp³-hybridized carbons (Fsp3) is 0.850. The van der Waals surface area contributed by atoms with E-state index in [1.165, 1.54) is 148 Å². The van der Waals surface area contributed by atoms with Crippen molar-refractivity contribution in [2.75, 3.05) is 26.3 Å². The predicted octanol–water partition coefficient (Wildman–Crippen LogP) is 11.5. The van der Waals surface area contributed by atoms with E-state index in [2.05, 4.69) is 13.8 Å². The zero-order valence-corrected chi connectivity index (χ0v) is 29.8. The second-order valence-corrected chi connectivity index (χ2v) is 13.7. The molecule has 0 unspecified atom stereocenters. The molecule has 0 aromatic carbocycles. The first-order chi connectivity index (χ1) is 22.2. The topological polar surface area (TPSA) is 59.1 Å². The van der Waals surface area contributed by atoms with Gasteiger partial charge in [-0.05, 0) is 19.3 Å². The number of nitrogens with zero attached hydrogens (tertiary/aromatic N) is 1. The van der Waals surface area contributed by atoms with Crippen LogP contribution >= 0.6 is 0 Å². The Morgan fingerprint density at radius 1 is 0.578 bits per heavy atom. The molecule has 2 aliphatic rings. The molecule has 45 heavy (non-hydrogen) atoms. The van der Waals surface area contributed by atoms with E-state index in [1.54, 1.807) is 4.90 Å². The fourth-order valence-electron chi connectivity index (χ4n) is 6.48. The molecule has 0 aromatic rings. The number of amides is 1. The number of morpholine rings is 1. The Bertz CT molecular complexity index is 826. The van der Waals surface area contributed by atoms with Crippen LogP contribution in [0.4, 0.5) is 0 Å². The van der Waals surface area contributed by atoms with Gasteiger partial charge in [-0.1, -0.05) is 174 Å². The van der Waals surface area contributed by atoms with Crippen LogP contribution in [0.3, 0.4) is 0 Å². The van der Waals surface area contributed by atoms with Crippen LogP contribution in [0.1, 0.15) is 194 Å². The number of allylic oxidation sites excluding steroid dienone is 3. The van der Waals surface area contributed by atoms with E-state index in [0.717, 1.165) is 37.9 Å². The maximum atomic E-state index is 13.4. The van der Waals surface area contributed by atoms with Gasteiger partial charge in [0.1, 0.15) is 0 Å². The van der Waals surface area contributed by atoms with Gasteiger partial charge < -0.3 is 14.4 Å². The molecule has 0 aromatic heterocycles. The highest BCUT2D eigenvalue weighted by Gasteiger charge is 2.37. The summed E-state index contributed by atoms with van der Waals surface area (Å²) >= 11 is 0. The van der Waals surface area contributed by atoms with Gasteiger partial charge in [-0.2, -0.15) is 0 Å². The summed E-state index contributed by atoms with van der Waals surface area (Å²) in [6, 6.07) is 0. The van der Waals surface area contributed by atoms with Gasteiger partial charge in [0.05, 0.1) is 18.8 Å². The van der Waals surface area contributed by atoms with Crippen LogP contribution in [-0.2, 0) is 19.1 Å². The van der Waals surface area contributed by atoms with E-state index in [-0.39, 0.29) is 11.7 Å². The summed E-state index contributed by atoms with van der Waals surface area (Å²) in [7, 11) is 0. The zero-order valence-electron chi connectivity index (χ0n) is 29.8. The van der Waals surface area contributed by atoms with Gasteiger partial charge >= 0.3 is 0 Å². The molecule has 260 valence electrons. The maximum Gasteiger partial charge on any atom is 0.257 e. The van der Waals surface area contributed by atoms with Crippen LogP contribution in [0.25, 0.3) is 0 Å². The number of ether oxygens (including phenoxy) is 2. The Morgan fingerprint density at radius 2 is 0.978 bits per heavy atom. The van der Waals surface area contributed by atoms with Crippen molar-refractivity contribution in [3.63, 3.8) is 0 Å². The van der Waals surface area contributed by atoms with Gasteiger partial charge in [0.2, 0.25) is 11.5 Å². The summed E-state index contributed by atoms with van der Waals surface area (Å²) in [5.74, 6) is 0.893. The van der Waals surface area contributed by atoms with Crippen molar-refractivity contribution in [3.8, 4) is 0 Å². The van der Waals surface area contributed by atoms with E-state index in [4.69, 9.17) is 9.47 Å². The van der Waals surface area contributed by atoms with Crippen molar-refractivity contribution in [1.82, 2.24) is 4.90 Å². The first kappa shape index (κ1) is 39.6. The molecule has 0 N–H and O–H groups in total. The van der Waals surface area contributed by atoms with Crippen molar-refractivity contribution in [2.24, 2.45) is 0 Å². The van der Waals surface area contributed by atoms with Crippen LogP contribution < -0.4 is 0 Å². The van der Waals surface area contributed by atoms with Crippen LogP contribution in [0, 0.1) is 0 Å². The third-order valence-corrected chi connectivity index (χ3v) is 9.58. The summed E-state index contributed by atoms with van der Waals surface area (Å²) in [5.41, 5.74) is 0.311. The van der Waals surface area contributed by atoms with E-state index in [9.17, 15) is 9.59 Å². The number of carbonyl (C=O) groups is 2. The lowest BCUT2D eigenvalue weighted by atomic mass is 10.0. The van der Waals surface area contributed by atoms with Crippen molar-refractivity contribution in [1.29, 1.82) is 0 Å². The van der Waals surface area contributed by atoms with Crippen LogP contribution in [0.2, 0.25) is 0 Å². The lowest BCUT2D eigenvalue weighted by Crippen LogP contribution is -2.42. The molecular weight excluding hydrogens is 558 g/mol. The quantitative estimate of drug-likeness (QED) is 0.0331. The Hall–Kier alpha value is -1.62. The Morgan fingerprint density at radius 3 is 1.42 bits per heavy atom. The highest BCUT2D eigenvalue weighted by molar-refractivity contribution is 6.25. The Balaban J connectivity index is 1.62. The Kier molecular flexibility index (Phi) is 24.2. The third kappa shape index (κ3) is 19.6. The number of hydrogen-bond donors (Lipinski definition) is 0. The molecule has 1 saturated heterocycles. The standard InChI is InChI=1S/C40H71NO4/c1-3-5-7-9-11-13-15-17-19-20-22-24-26-28-30-36(40(43)41-32-34-44-35-33-41)38(42)39-37(45-39)31-29-27-25-23-21-18-16-14-12-10-8-6-4-2/h30H,3-29,31-35H2,1-2H3/b36-30+. The smallest absolute Gasteiger partial charge is 0.257 e. The van der Waals surface area contributed by atoms with Gasteiger partial charge in [0.25, 0.3) is 5.91 Å². The average molecular weight is 630 g/mol. The first-order valence-electron chi connectivity index (χ1n) is 19.7. The minimum atomic E-state index is -0.203. The monoisotopic (exact) mass is 630 g/mol. The summed E-state index contributed by atoms with van der Waals surface area (Å²) < 4.78 is 11.1. The largest absolute Gasteiger partial charge is 0.450 e. The van der Waals surface area contributed by atoms with Gasteiger partial charge in [0, 0.05) is 19.5 Å². The predicted molar refractivity (Wildman–Crippen MR) is 189 cm³/mol. The highest BCUT2D eigenvalue weighted by Crippen LogP contribution is 2.34. The lowest BCUT2D eigenvalue weighted by molar-refractivity contribution is -0.132. The van der Waals surface area contributed by atoms with E-state index in [1.807, 2.05) is 6.08 Å². The molecule has 2 aliphatic heterocycles. The van der Waals surface area contributed by atoms with Gasteiger partial charge in [-0.15, -0.1) is 0 Å². The number of rotatable bonds is 31. The van der Waals surface area contributed by atoms with E-state index >= 15 is 0 Å². The molecule has 0 aliphatic carbocycles. The second kappa shape index (κ2) is 27.5. The number of carbonyl (C=O) groups excluding carboxylic acids is 2. The molecular formula is C40H71NO4. The molecule has 0 radical (unpaired) electrons. The minimum absolute atomic E-state index is 0.152. The zero-order chi connectivity index (χ0) is 32.2. The van der Waals surface area contributed by atoms with Crippen LogP contribution in [0.5, 0.6) is 0 Å². The van der Waals surface area contributed by atoms with Gasteiger partial charge in [0.15, 0.2) is 5.76 Å². The summed E-state index contributed by atoms with van der Waals surface area (Å²) in [4.78, 5) is 28.5. The molecule has 2 rings (SSSR count). The summed E-state index contributed by atoms with van der Waals surface area (Å²) in [6.07, 6.45) is 37.8. The molecule has 0 spiro atoms. The normalized spacial score (nSPS) is 15.1. The number of ketones is 1. The number of Topliss-reactive ketones (excluding diaryl/α,β-unsaturated/α-hetero) is 1. The van der Waals surface area contributed by atoms with Crippen LogP contribution in [-0.4, -0.2) is 42.9 Å². The van der Waals surface area contributed by atoms with Crippen molar-refractivity contribution in [3.05, 3.63) is 23.2 Å². The SMILES string of the molecule is CCCCCCCCCCCCCCC/C=C(\C(=O)C1=C(CCCCCCCCCCCCCCC)O1)C(=O)N1CCOCC1. The summed E-state index contributed by atoms with van der Waals surface area (Å²) in [6.45, 7) is 6.73. The van der Waals surface area contributed by atoms with E-state index < -0.39 is 0 Å². The Labute approximate surface area is 278 Å². The number of hydrogen-bond acceptors (Lipinski definition) is 4. The molecule has 0 saturated carbocycles.